The molecule has 0 rings (SSSR count). The molecule has 0 atom stereocenters. The summed E-state index contributed by atoms with van der Waals surface area (Å²) in [5.74, 6) is 0. The second-order valence-electron chi connectivity index (χ2n) is 10.6. The van der Waals surface area contributed by atoms with Crippen LogP contribution in [0.2, 0.25) is 0 Å². The number of unbranched alkanes of at least 4 members (excludes halogenated alkanes) is 12. The Hall–Kier alpha value is -0.120. The highest BCUT2D eigenvalue weighted by Crippen LogP contribution is 2.10. The summed E-state index contributed by atoms with van der Waals surface area (Å²) in [4.78, 5) is 0. The van der Waals surface area contributed by atoms with Crippen molar-refractivity contribution in [3.63, 3.8) is 0 Å². The van der Waals surface area contributed by atoms with Gasteiger partial charge >= 0.3 is 0 Å². The van der Waals surface area contributed by atoms with Crippen LogP contribution in [0.15, 0.2) is 0 Å². The number of quaternary nitrogens is 2. The van der Waals surface area contributed by atoms with Crippen LogP contribution in [-0.2, 0) is 4.74 Å². The Kier molecular flexibility index (Phi) is 18.6. The van der Waals surface area contributed by atoms with Gasteiger partial charge in [0.1, 0.15) is 13.1 Å². The number of nitrogens with zero attached hydrogens (tertiary/aromatic N) is 2. The highest BCUT2D eigenvalue weighted by atomic mass is 16.5. The van der Waals surface area contributed by atoms with Gasteiger partial charge in [-0.3, -0.25) is 0 Å². The average Bonchev–Trinajstić information content (AvgIpc) is 2.66. The zero-order valence-electron chi connectivity index (χ0n) is 21.4. The summed E-state index contributed by atoms with van der Waals surface area (Å²) < 4.78 is 8.22. The van der Waals surface area contributed by atoms with E-state index >= 15 is 0 Å². The molecule has 0 spiro atoms. The quantitative estimate of drug-likeness (QED) is 0.142. The van der Waals surface area contributed by atoms with Gasteiger partial charge < -0.3 is 13.7 Å². The van der Waals surface area contributed by atoms with Gasteiger partial charge in [0.05, 0.1) is 54.5 Å². The second kappa shape index (κ2) is 18.6. The molecule has 0 unspecified atom stereocenters. The van der Waals surface area contributed by atoms with Gasteiger partial charge in [0.2, 0.25) is 0 Å². The molecule has 0 radical (unpaired) electrons. The summed E-state index contributed by atoms with van der Waals surface area (Å²) in [5.41, 5.74) is 0. The molecule has 3 heteroatoms. The Bertz CT molecular complexity index is 310. The standard InChI is InChI=1S/C26H58N2O/c1-7-9-11-13-15-17-19-21-27(3,4)23-25-29-26-24-28(5,6)22-20-18-16-14-12-10-8-2/h7-26H2,1-6H3/q+2. The summed E-state index contributed by atoms with van der Waals surface area (Å²) in [6.45, 7) is 11.2. The number of hydrogen-bond donors (Lipinski definition) is 0. The molecule has 176 valence electrons. The molecule has 3 nitrogen and oxygen atoms in total. The van der Waals surface area contributed by atoms with Gasteiger partial charge in [-0.25, -0.2) is 0 Å². The van der Waals surface area contributed by atoms with Crippen molar-refractivity contribution in [1.29, 1.82) is 0 Å². The first-order valence-electron chi connectivity index (χ1n) is 13.0. The topological polar surface area (TPSA) is 9.23 Å². The fraction of sp³-hybridized carbons (Fsp3) is 1.00. The van der Waals surface area contributed by atoms with Crippen molar-refractivity contribution in [3.05, 3.63) is 0 Å². The van der Waals surface area contributed by atoms with Crippen LogP contribution in [0, 0.1) is 0 Å². The third-order valence-corrected chi connectivity index (χ3v) is 6.42. The molecular weight excluding hydrogens is 356 g/mol. The highest BCUT2D eigenvalue weighted by Gasteiger charge is 2.16. The number of ether oxygens (including phenoxy) is 1. The van der Waals surface area contributed by atoms with E-state index in [0.717, 1.165) is 35.3 Å². The summed E-state index contributed by atoms with van der Waals surface area (Å²) >= 11 is 0. The van der Waals surface area contributed by atoms with Gasteiger partial charge in [0.15, 0.2) is 0 Å². The van der Waals surface area contributed by atoms with Crippen molar-refractivity contribution < 1.29 is 13.7 Å². The van der Waals surface area contributed by atoms with Crippen molar-refractivity contribution in [2.24, 2.45) is 0 Å². The smallest absolute Gasteiger partial charge is 0.102 e. The lowest BCUT2D eigenvalue weighted by atomic mass is 10.1. The molecule has 0 aromatic rings. The van der Waals surface area contributed by atoms with Crippen LogP contribution in [0.5, 0.6) is 0 Å². The SMILES string of the molecule is CCCCCCCCC[N+](C)(C)CCOCC[N+](C)(C)CCCCCCCCC. The van der Waals surface area contributed by atoms with Crippen LogP contribution in [0.25, 0.3) is 0 Å². The maximum absolute atomic E-state index is 6.02. The molecule has 0 bridgehead atoms. The van der Waals surface area contributed by atoms with Gasteiger partial charge in [-0.2, -0.15) is 0 Å². The van der Waals surface area contributed by atoms with Crippen molar-refractivity contribution in [1.82, 2.24) is 0 Å². The minimum absolute atomic E-state index is 0.904. The van der Waals surface area contributed by atoms with Crippen LogP contribution in [0.1, 0.15) is 104 Å². The maximum Gasteiger partial charge on any atom is 0.102 e. The first-order valence-corrected chi connectivity index (χ1v) is 13.0. The number of rotatable bonds is 22. The molecule has 0 aliphatic carbocycles. The van der Waals surface area contributed by atoms with Crippen LogP contribution < -0.4 is 0 Å². The van der Waals surface area contributed by atoms with E-state index in [9.17, 15) is 0 Å². The van der Waals surface area contributed by atoms with E-state index in [1.807, 2.05) is 0 Å². The van der Waals surface area contributed by atoms with Crippen LogP contribution in [0.4, 0.5) is 0 Å². The predicted octanol–water partition coefficient (Wildman–Crippen LogP) is 6.66. The van der Waals surface area contributed by atoms with Gasteiger partial charge in [0.25, 0.3) is 0 Å². The number of hydrogen-bond acceptors (Lipinski definition) is 1. The Morgan fingerprint density at radius 1 is 0.414 bits per heavy atom. The summed E-state index contributed by atoms with van der Waals surface area (Å²) in [6, 6.07) is 0. The minimum Gasteiger partial charge on any atom is -0.370 e. The van der Waals surface area contributed by atoms with Gasteiger partial charge in [-0.1, -0.05) is 78.1 Å². The number of likely N-dealkylation sites (N-methyl/N-ethyl adjacent to an activating group) is 2. The molecule has 0 N–H and O–H groups in total. The van der Waals surface area contributed by atoms with E-state index in [1.54, 1.807) is 0 Å². The minimum atomic E-state index is 0.904. The van der Waals surface area contributed by atoms with Gasteiger partial charge in [-0.15, -0.1) is 0 Å². The fourth-order valence-electron chi connectivity index (χ4n) is 3.94. The van der Waals surface area contributed by atoms with Gasteiger partial charge in [0, 0.05) is 0 Å². The van der Waals surface area contributed by atoms with Crippen LogP contribution in [-0.4, -0.2) is 76.5 Å². The van der Waals surface area contributed by atoms with E-state index in [0.29, 0.717) is 0 Å². The second-order valence-corrected chi connectivity index (χ2v) is 10.6. The zero-order valence-corrected chi connectivity index (χ0v) is 21.4. The van der Waals surface area contributed by atoms with E-state index in [4.69, 9.17) is 4.74 Å². The molecule has 0 aliphatic rings. The lowest BCUT2D eigenvalue weighted by Crippen LogP contribution is -2.45. The van der Waals surface area contributed by atoms with Crippen LogP contribution >= 0.6 is 0 Å². The third kappa shape index (κ3) is 20.9. The lowest BCUT2D eigenvalue weighted by molar-refractivity contribution is -0.894. The van der Waals surface area contributed by atoms with Crippen molar-refractivity contribution in [3.8, 4) is 0 Å². The first-order chi connectivity index (χ1) is 13.8. The molecule has 29 heavy (non-hydrogen) atoms. The molecule has 0 heterocycles. The average molecular weight is 415 g/mol. The molecule has 0 aromatic heterocycles. The largest absolute Gasteiger partial charge is 0.370 e. The molecule has 0 amide bonds. The Balaban J connectivity index is 3.60. The normalized spacial score (nSPS) is 12.6. The van der Waals surface area contributed by atoms with Crippen molar-refractivity contribution in [2.45, 2.75) is 104 Å². The molecular formula is C26H58N2O+2. The highest BCUT2D eigenvalue weighted by molar-refractivity contribution is 4.47. The summed E-state index contributed by atoms with van der Waals surface area (Å²) in [5, 5.41) is 0. The molecule has 0 fully saturated rings. The van der Waals surface area contributed by atoms with Crippen molar-refractivity contribution >= 4 is 0 Å². The summed E-state index contributed by atoms with van der Waals surface area (Å²) in [7, 11) is 9.45. The monoisotopic (exact) mass is 414 g/mol. The Morgan fingerprint density at radius 2 is 0.724 bits per heavy atom. The molecule has 0 aliphatic heterocycles. The third-order valence-electron chi connectivity index (χ3n) is 6.42. The van der Waals surface area contributed by atoms with E-state index in [1.165, 1.54) is 103 Å². The van der Waals surface area contributed by atoms with Gasteiger partial charge in [-0.05, 0) is 25.7 Å². The summed E-state index contributed by atoms with van der Waals surface area (Å²) in [6.07, 6.45) is 19.6. The van der Waals surface area contributed by atoms with E-state index < -0.39 is 0 Å². The first kappa shape index (κ1) is 28.9. The zero-order chi connectivity index (χ0) is 21.8. The molecule has 0 saturated carbocycles. The fourth-order valence-corrected chi connectivity index (χ4v) is 3.94. The molecule has 0 aromatic carbocycles. The van der Waals surface area contributed by atoms with E-state index in [2.05, 4.69) is 42.0 Å². The Labute approximate surface area is 185 Å². The van der Waals surface area contributed by atoms with Crippen LogP contribution in [0.3, 0.4) is 0 Å². The predicted molar refractivity (Wildman–Crippen MR) is 130 cm³/mol. The Morgan fingerprint density at radius 3 is 1.07 bits per heavy atom. The van der Waals surface area contributed by atoms with Crippen molar-refractivity contribution in [2.75, 3.05) is 67.6 Å². The molecule has 0 saturated heterocycles. The maximum atomic E-state index is 6.02. The lowest BCUT2D eigenvalue weighted by Gasteiger charge is -2.31. The van der Waals surface area contributed by atoms with E-state index in [-0.39, 0.29) is 0 Å².